The van der Waals surface area contributed by atoms with Crippen LogP contribution in [0.1, 0.15) is 44.5 Å². The van der Waals surface area contributed by atoms with Gasteiger partial charge in [-0.3, -0.25) is 9.59 Å². The lowest BCUT2D eigenvalue weighted by molar-refractivity contribution is -0.127. The van der Waals surface area contributed by atoms with E-state index in [9.17, 15) is 9.59 Å². The van der Waals surface area contributed by atoms with Gasteiger partial charge in [-0.05, 0) is 44.2 Å². The number of benzene rings is 1. The normalized spacial score (nSPS) is 19.5. The highest BCUT2D eigenvalue weighted by atomic mass is 16.5. The van der Waals surface area contributed by atoms with Crippen molar-refractivity contribution in [1.29, 1.82) is 0 Å². The molecule has 0 unspecified atom stereocenters. The van der Waals surface area contributed by atoms with Crippen LogP contribution in [0.15, 0.2) is 36.6 Å². The van der Waals surface area contributed by atoms with Gasteiger partial charge in [-0.15, -0.1) is 6.58 Å². The van der Waals surface area contributed by atoms with Gasteiger partial charge < -0.3 is 20.4 Å². The number of fused-ring (bicyclic) bond motifs is 3. The van der Waals surface area contributed by atoms with E-state index >= 15 is 0 Å². The number of hydrogen-bond donors (Lipinski definition) is 3. The second-order valence-corrected chi connectivity index (χ2v) is 8.57. The fourth-order valence-electron chi connectivity index (χ4n) is 3.66. The number of H-pyrrole nitrogens is 1. The smallest absolute Gasteiger partial charge is 0.268 e. The van der Waals surface area contributed by atoms with Gasteiger partial charge in [0.2, 0.25) is 5.91 Å². The number of ether oxygens (including phenoxy) is 1. The molecule has 0 spiro atoms. The van der Waals surface area contributed by atoms with Gasteiger partial charge in [-0.2, -0.15) is 0 Å². The van der Waals surface area contributed by atoms with E-state index in [2.05, 4.69) is 28.3 Å². The summed E-state index contributed by atoms with van der Waals surface area (Å²) >= 11 is 0. The number of hydrogen-bond acceptors (Lipinski definition) is 3. The molecule has 0 bridgehead atoms. The standard InChI is InChI=1S/C23H25N3O3/c1-6-22(2,3)20-15(11-16-21(28)24-12-18(27)25-16)13-7-8-17-14(19(13)26-20)9-10-23(4,5)29-17/h6-11,26H,1,12H2,2-5H3,(H,24,28)(H,25,27)/b16-11-. The lowest BCUT2D eigenvalue weighted by Crippen LogP contribution is -2.46. The van der Waals surface area contributed by atoms with Crippen LogP contribution in [-0.2, 0) is 15.0 Å². The number of rotatable bonds is 3. The summed E-state index contributed by atoms with van der Waals surface area (Å²) < 4.78 is 6.11. The molecule has 29 heavy (non-hydrogen) atoms. The van der Waals surface area contributed by atoms with E-state index < -0.39 is 0 Å². The number of carbonyl (C=O) groups excluding carboxylic acids is 2. The van der Waals surface area contributed by atoms with Gasteiger partial charge in [0.15, 0.2) is 0 Å². The van der Waals surface area contributed by atoms with Crippen molar-refractivity contribution in [3.05, 3.63) is 53.4 Å². The van der Waals surface area contributed by atoms with Crippen molar-refractivity contribution < 1.29 is 14.3 Å². The maximum Gasteiger partial charge on any atom is 0.268 e. The quantitative estimate of drug-likeness (QED) is 0.554. The topological polar surface area (TPSA) is 83.2 Å². The third-order valence-electron chi connectivity index (χ3n) is 5.41. The third kappa shape index (κ3) is 3.24. The fourth-order valence-corrected chi connectivity index (χ4v) is 3.66. The largest absolute Gasteiger partial charge is 0.483 e. The summed E-state index contributed by atoms with van der Waals surface area (Å²) in [6, 6.07) is 3.93. The number of carbonyl (C=O) groups is 2. The summed E-state index contributed by atoms with van der Waals surface area (Å²) in [5.74, 6) is 0.262. The van der Waals surface area contributed by atoms with Crippen molar-refractivity contribution in [2.45, 2.75) is 38.7 Å². The molecular formula is C23H25N3O3. The molecule has 1 saturated heterocycles. The fraction of sp³-hybridized carbons (Fsp3) is 0.304. The molecule has 6 nitrogen and oxygen atoms in total. The van der Waals surface area contributed by atoms with Crippen molar-refractivity contribution in [1.82, 2.24) is 15.6 Å². The zero-order valence-corrected chi connectivity index (χ0v) is 17.1. The predicted octanol–water partition coefficient (Wildman–Crippen LogP) is 3.40. The molecule has 0 saturated carbocycles. The Kier molecular flexibility index (Phi) is 4.19. The first-order chi connectivity index (χ1) is 13.6. The Morgan fingerprint density at radius 2 is 2.00 bits per heavy atom. The van der Waals surface area contributed by atoms with Crippen LogP contribution < -0.4 is 15.4 Å². The van der Waals surface area contributed by atoms with Gasteiger partial charge in [0.25, 0.3) is 5.91 Å². The monoisotopic (exact) mass is 391 g/mol. The molecule has 1 aromatic heterocycles. The van der Waals surface area contributed by atoms with E-state index in [1.54, 1.807) is 6.08 Å². The Balaban J connectivity index is 1.97. The van der Waals surface area contributed by atoms with E-state index in [1.807, 2.05) is 52.0 Å². The molecule has 1 fully saturated rings. The second kappa shape index (κ2) is 6.37. The summed E-state index contributed by atoms with van der Waals surface area (Å²) in [4.78, 5) is 27.6. The molecule has 150 valence electrons. The van der Waals surface area contributed by atoms with Crippen LogP contribution in [-0.4, -0.2) is 28.9 Å². The van der Waals surface area contributed by atoms with Gasteiger partial charge in [-0.25, -0.2) is 0 Å². The maximum atomic E-state index is 12.3. The van der Waals surface area contributed by atoms with Crippen molar-refractivity contribution in [3.8, 4) is 5.75 Å². The van der Waals surface area contributed by atoms with Crippen molar-refractivity contribution in [2.24, 2.45) is 0 Å². The number of aromatic amines is 1. The summed E-state index contributed by atoms with van der Waals surface area (Å²) in [5.41, 5.74) is 3.12. The average molecular weight is 391 g/mol. The molecule has 0 aliphatic carbocycles. The lowest BCUT2D eigenvalue weighted by Gasteiger charge is -2.28. The maximum absolute atomic E-state index is 12.3. The van der Waals surface area contributed by atoms with Crippen LogP contribution in [0.4, 0.5) is 0 Å². The number of nitrogens with one attached hydrogen (secondary N) is 3. The molecule has 0 atom stereocenters. The van der Waals surface area contributed by atoms with E-state index in [-0.39, 0.29) is 35.1 Å². The average Bonchev–Trinajstić information content (AvgIpc) is 3.03. The minimum absolute atomic E-state index is 0.0134. The molecule has 3 N–H and O–H groups in total. The minimum Gasteiger partial charge on any atom is -0.483 e. The summed E-state index contributed by atoms with van der Waals surface area (Å²) in [6.07, 6.45) is 7.69. The van der Waals surface area contributed by atoms with Gasteiger partial charge in [-0.1, -0.05) is 19.9 Å². The molecule has 1 aromatic carbocycles. The second-order valence-electron chi connectivity index (χ2n) is 8.57. The zero-order valence-electron chi connectivity index (χ0n) is 17.1. The number of amides is 2. The molecule has 2 amide bonds. The van der Waals surface area contributed by atoms with E-state index in [4.69, 9.17) is 4.74 Å². The Labute approximate surface area is 169 Å². The first kappa shape index (κ1) is 19.1. The van der Waals surface area contributed by atoms with Crippen LogP contribution in [0.25, 0.3) is 23.1 Å². The lowest BCUT2D eigenvalue weighted by atomic mass is 9.86. The first-order valence-electron chi connectivity index (χ1n) is 9.62. The summed E-state index contributed by atoms with van der Waals surface area (Å²) in [7, 11) is 0. The van der Waals surface area contributed by atoms with E-state index in [1.165, 1.54) is 0 Å². The Hall–Kier alpha value is -3.28. The Morgan fingerprint density at radius 3 is 2.72 bits per heavy atom. The first-order valence-corrected chi connectivity index (χ1v) is 9.62. The summed E-state index contributed by atoms with van der Waals surface area (Å²) in [5, 5.41) is 6.21. The van der Waals surface area contributed by atoms with E-state index in [0.717, 1.165) is 33.5 Å². The molecule has 0 radical (unpaired) electrons. The highest BCUT2D eigenvalue weighted by molar-refractivity contribution is 6.08. The molecule has 6 heteroatoms. The van der Waals surface area contributed by atoms with Crippen LogP contribution in [0.5, 0.6) is 5.75 Å². The van der Waals surface area contributed by atoms with Gasteiger partial charge in [0.05, 0.1) is 12.1 Å². The number of allylic oxidation sites excluding steroid dienone is 1. The Bertz CT molecular complexity index is 1120. The van der Waals surface area contributed by atoms with Crippen LogP contribution in [0.3, 0.4) is 0 Å². The van der Waals surface area contributed by atoms with Crippen molar-refractivity contribution >= 4 is 34.9 Å². The highest BCUT2D eigenvalue weighted by Gasteiger charge is 2.29. The van der Waals surface area contributed by atoms with Gasteiger partial charge in [0.1, 0.15) is 17.0 Å². The zero-order chi connectivity index (χ0) is 21.0. The Morgan fingerprint density at radius 1 is 1.24 bits per heavy atom. The van der Waals surface area contributed by atoms with Crippen LogP contribution in [0, 0.1) is 0 Å². The summed E-state index contributed by atoms with van der Waals surface area (Å²) in [6.45, 7) is 12.1. The van der Waals surface area contributed by atoms with Crippen LogP contribution >= 0.6 is 0 Å². The van der Waals surface area contributed by atoms with Crippen molar-refractivity contribution in [3.63, 3.8) is 0 Å². The predicted molar refractivity (Wildman–Crippen MR) is 114 cm³/mol. The molecular weight excluding hydrogens is 366 g/mol. The molecule has 4 rings (SSSR count). The van der Waals surface area contributed by atoms with Crippen molar-refractivity contribution in [2.75, 3.05) is 6.54 Å². The molecule has 3 heterocycles. The highest BCUT2D eigenvalue weighted by Crippen LogP contribution is 2.40. The molecule has 2 aliphatic rings. The minimum atomic E-state index is -0.383. The molecule has 2 aromatic rings. The number of piperazine rings is 1. The van der Waals surface area contributed by atoms with Crippen LogP contribution in [0.2, 0.25) is 0 Å². The SMILES string of the molecule is C=CC(C)(C)c1[nH]c2c3c(ccc2c1/C=C1\NC(=O)CNC1=O)OC(C)(C)C=C3. The third-order valence-corrected chi connectivity index (χ3v) is 5.41. The number of aromatic nitrogens is 1. The molecule has 2 aliphatic heterocycles. The van der Waals surface area contributed by atoms with Gasteiger partial charge >= 0.3 is 0 Å². The van der Waals surface area contributed by atoms with E-state index in [0.29, 0.717) is 0 Å². The van der Waals surface area contributed by atoms with Gasteiger partial charge in [0, 0.05) is 27.6 Å².